The molecule has 1 fully saturated rings. The summed E-state index contributed by atoms with van der Waals surface area (Å²) < 4.78 is 0. The lowest BCUT2D eigenvalue weighted by Crippen LogP contribution is -2.35. The number of likely N-dealkylation sites (N-methyl/N-ethyl adjacent to an activating group) is 1. The molecular formula is C25H34N4O2. The van der Waals surface area contributed by atoms with Crippen LogP contribution in [0, 0.1) is 5.92 Å². The van der Waals surface area contributed by atoms with Crippen molar-refractivity contribution in [1.29, 1.82) is 0 Å². The predicted molar refractivity (Wildman–Crippen MR) is 127 cm³/mol. The van der Waals surface area contributed by atoms with Crippen molar-refractivity contribution in [2.45, 2.75) is 26.2 Å². The SMILES string of the molecule is CCN(CC)CCNC(=O)c1cc(NC(=O)[C@H]2C[C@H]2c2ccccc2)ccc1N(C)C. The third-order valence-electron chi connectivity index (χ3n) is 5.95. The molecule has 2 atom stereocenters. The van der Waals surface area contributed by atoms with Gasteiger partial charge in [0.15, 0.2) is 0 Å². The fraction of sp³-hybridized carbons (Fsp3) is 0.440. The molecule has 0 unspecified atom stereocenters. The van der Waals surface area contributed by atoms with Crippen LogP contribution in [0.5, 0.6) is 0 Å². The highest BCUT2D eigenvalue weighted by Gasteiger charge is 2.43. The predicted octanol–water partition coefficient (Wildman–Crippen LogP) is 3.57. The lowest BCUT2D eigenvalue weighted by molar-refractivity contribution is -0.117. The van der Waals surface area contributed by atoms with E-state index >= 15 is 0 Å². The molecule has 2 amide bonds. The van der Waals surface area contributed by atoms with Crippen LogP contribution < -0.4 is 15.5 Å². The van der Waals surface area contributed by atoms with E-state index in [1.165, 1.54) is 5.56 Å². The molecular weight excluding hydrogens is 388 g/mol. The molecule has 31 heavy (non-hydrogen) atoms. The second-order valence-corrected chi connectivity index (χ2v) is 8.26. The highest BCUT2D eigenvalue weighted by Crippen LogP contribution is 2.47. The molecule has 0 spiro atoms. The van der Waals surface area contributed by atoms with Crippen molar-refractivity contribution in [3.63, 3.8) is 0 Å². The van der Waals surface area contributed by atoms with Crippen LogP contribution in [0.3, 0.4) is 0 Å². The standard InChI is InChI=1S/C25H34N4O2/c1-5-29(6-2)15-14-26-24(30)22-16-19(12-13-23(22)28(3)4)27-25(31)21-17-20(21)18-10-8-7-9-11-18/h7-13,16,20-21H,5-6,14-15,17H2,1-4H3,(H,26,30)(H,27,31)/t20-,21-/m0/s1. The molecule has 0 saturated heterocycles. The first-order valence-electron chi connectivity index (χ1n) is 11.1. The van der Waals surface area contributed by atoms with Gasteiger partial charge in [0.05, 0.1) is 5.56 Å². The number of amides is 2. The first-order valence-corrected chi connectivity index (χ1v) is 11.1. The molecule has 166 valence electrons. The number of rotatable bonds is 10. The number of carbonyl (C=O) groups excluding carboxylic acids is 2. The zero-order valence-electron chi connectivity index (χ0n) is 19.0. The Hall–Kier alpha value is -2.86. The van der Waals surface area contributed by atoms with Crippen molar-refractivity contribution in [3.8, 4) is 0 Å². The molecule has 3 rings (SSSR count). The molecule has 1 aliphatic rings. The van der Waals surface area contributed by atoms with Crippen molar-refractivity contribution >= 4 is 23.2 Å². The number of hydrogen-bond acceptors (Lipinski definition) is 4. The molecule has 0 bridgehead atoms. The van der Waals surface area contributed by atoms with Crippen LogP contribution in [0.15, 0.2) is 48.5 Å². The van der Waals surface area contributed by atoms with Crippen LogP contribution in [0.4, 0.5) is 11.4 Å². The maximum atomic E-state index is 12.9. The summed E-state index contributed by atoms with van der Waals surface area (Å²) in [7, 11) is 3.82. The van der Waals surface area contributed by atoms with Gasteiger partial charge in [0.1, 0.15) is 0 Å². The summed E-state index contributed by atoms with van der Waals surface area (Å²) in [5, 5.41) is 6.03. The molecule has 2 N–H and O–H groups in total. The quantitative estimate of drug-likeness (QED) is 0.614. The average molecular weight is 423 g/mol. The normalized spacial score (nSPS) is 17.3. The summed E-state index contributed by atoms with van der Waals surface area (Å²) in [4.78, 5) is 29.8. The zero-order chi connectivity index (χ0) is 22.4. The average Bonchev–Trinajstić information content (AvgIpc) is 3.58. The largest absolute Gasteiger partial charge is 0.377 e. The van der Waals surface area contributed by atoms with E-state index in [4.69, 9.17) is 0 Å². The molecule has 2 aromatic carbocycles. The lowest BCUT2D eigenvalue weighted by Gasteiger charge is -2.20. The Morgan fingerprint density at radius 3 is 2.39 bits per heavy atom. The Morgan fingerprint density at radius 2 is 1.74 bits per heavy atom. The smallest absolute Gasteiger partial charge is 0.253 e. The van der Waals surface area contributed by atoms with E-state index in [0.717, 1.165) is 31.7 Å². The van der Waals surface area contributed by atoms with Crippen LogP contribution >= 0.6 is 0 Å². The van der Waals surface area contributed by atoms with E-state index in [1.807, 2.05) is 49.3 Å². The van der Waals surface area contributed by atoms with Gasteiger partial charge in [-0.3, -0.25) is 9.59 Å². The Balaban J connectivity index is 1.65. The van der Waals surface area contributed by atoms with Gasteiger partial charge in [-0.15, -0.1) is 0 Å². The molecule has 6 nitrogen and oxygen atoms in total. The number of nitrogens with one attached hydrogen (secondary N) is 2. The van der Waals surface area contributed by atoms with Crippen LogP contribution in [0.2, 0.25) is 0 Å². The summed E-state index contributed by atoms with van der Waals surface area (Å²) in [5.41, 5.74) is 3.26. The summed E-state index contributed by atoms with van der Waals surface area (Å²) in [6, 6.07) is 15.7. The van der Waals surface area contributed by atoms with Gasteiger partial charge < -0.3 is 20.4 Å². The Labute approximate surface area is 185 Å². The second-order valence-electron chi connectivity index (χ2n) is 8.26. The molecule has 0 heterocycles. The van der Waals surface area contributed by atoms with Gasteiger partial charge in [-0.05, 0) is 49.2 Å². The summed E-state index contributed by atoms with van der Waals surface area (Å²) in [5.74, 6) is 0.159. The third kappa shape index (κ3) is 5.85. The third-order valence-corrected chi connectivity index (χ3v) is 5.95. The lowest BCUT2D eigenvalue weighted by atomic mass is 10.1. The maximum Gasteiger partial charge on any atom is 0.253 e. The van der Waals surface area contributed by atoms with Crippen molar-refractivity contribution < 1.29 is 9.59 Å². The number of hydrogen-bond donors (Lipinski definition) is 2. The summed E-state index contributed by atoms with van der Waals surface area (Å²) >= 11 is 0. The van der Waals surface area contributed by atoms with Crippen molar-refractivity contribution in [2.24, 2.45) is 5.92 Å². The van der Waals surface area contributed by atoms with Crippen LogP contribution in [-0.4, -0.2) is 57.0 Å². The number of carbonyl (C=O) groups is 2. The molecule has 1 saturated carbocycles. The molecule has 0 aliphatic heterocycles. The maximum absolute atomic E-state index is 12.9. The Kier molecular flexibility index (Phi) is 7.69. The topological polar surface area (TPSA) is 64.7 Å². The van der Waals surface area contributed by atoms with Crippen molar-refractivity contribution in [3.05, 3.63) is 59.7 Å². The fourth-order valence-electron chi connectivity index (χ4n) is 3.94. The van der Waals surface area contributed by atoms with E-state index in [2.05, 4.69) is 41.5 Å². The number of anilines is 2. The van der Waals surface area contributed by atoms with Gasteiger partial charge in [0.2, 0.25) is 5.91 Å². The highest BCUT2D eigenvalue weighted by molar-refractivity contribution is 6.02. The minimum absolute atomic E-state index is 0.0118. The van der Waals surface area contributed by atoms with Crippen molar-refractivity contribution in [1.82, 2.24) is 10.2 Å². The molecule has 6 heteroatoms. The van der Waals surface area contributed by atoms with Crippen molar-refractivity contribution in [2.75, 3.05) is 50.5 Å². The Bertz CT molecular complexity index is 894. The van der Waals surface area contributed by atoms with Gasteiger partial charge in [-0.1, -0.05) is 44.2 Å². The molecule has 0 radical (unpaired) electrons. The summed E-state index contributed by atoms with van der Waals surface area (Å²) in [6.45, 7) is 7.55. The zero-order valence-corrected chi connectivity index (χ0v) is 19.0. The van der Waals surface area contributed by atoms with E-state index in [1.54, 1.807) is 6.07 Å². The van der Waals surface area contributed by atoms with Crippen LogP contribution in [-0.2, 0) is 4.79 Å². The van der Waals surface area contributed by atoms with E-state index in [-0.39, 0.29) is 23.7 Å². The minimum Gasteiger partial charge on any atom is -0.377 e. The highest BCUT2D eigenvalue weighted by atomic mass is 16.2. The van der Waals surface area contributed by atoms with Gasteiger partial charge in [-0.25, -0.2) is 0 Å². The number of nitrogens with zero attached hydrogens (tertiary/aromatic N) is 2. The van der Waals surface area contributed by atoms with Gasteiger partial charge in [-0.2, -0.15) is 0 Å². The van der Waals surface area contributed by atoms with Gasteiger partial charge in [0.25, 0.3) is 5.91 Å². The van der Waals surface area contributed by atoms with Gasteiger partial charge in [0, 0.05) is 44.5 Å². The second kappa shape index (κ2) is 10.4. The first kappa shape index (κ1) is 22.8. The summed E-state index contributed by atoms with van der Waals surface area (Å²) in [6.07, 6.45) is 0.865. The fourth-order valence-corrected chi connectivity index (χ4v) is 3.94. The van der Waals surface area contributed by atoms with Gasteiger partial charge >= 0.3 is 0 Å². The minimum atomic E-state index is -0.125. The molecule has 1 aliphatic carbocycles. The molecule has 0 aromatic heterocycles. The van der Waals surface area contributed by atoms with E-state index < -0.39 is 0 Å². The van der Waals surface area contributed by atoms with E-state index in [0.29, 0.717) is 17.8 Å². The monoisotopic (exact) mass is 422 g/mol. The van der Waals surface area contributed by atoms with E-state index in [9.17, 15) is 9.59 Å². The first-order chi connectivity index (χ1) is 14.9. The number of benzene rings is 2. The Morgan fingerprint density at radius 1 is 1.03 bits per heavy atom. The van der Waals surface area contributed by atoms with Crippen LogP contribution in [0.25, 0.3) is 0 Å². The molecule has 2 aromatic rings. The van der Waals surface area contributed by atoms with Crippen LogP contribution in [0.1, 0.15) is 42.1 Å².